The molecule has 1 saturated heterocycles. The maximum Gasteiger partial charge on any atom is 0.169 e. The van der Waals surface area contributed by atoms with Crippen LogP contribution in [0.2, 0.25) is 0 Å². The van der Waals surface area contributed by atoms with Crippen molar-refractivity contribution in [3.63, 3.8) is 0 Å². The Labute approximate surface area is 98.2 Å². The molecule has 0 spiro atoms. The molecule has 0 amide bonds. The molecule has 0 aromatic carbocycles. The second-order valence-corrected chi connectivity index (χ2v) is 4.91. The van der Waals surface area contributed by atoms with Crippen LogP contribution in [0.4, 0.5) is 0 Å². The Hall–Kier alpha value is -0.320. The zero-order chi connectivity index (χ0) is 10.7. The number of aliphatic hydroxyl groups is 1. The standard InChI is InChI=1S/C11H16BrNO2/c12-11-4-3-10(15-11)7-13-5-1-2-9(6-13)8-14/h3-4,9,14H,1-2,5-8H2/t9-/m1/s1. The maximum atomic E-state index is 9.12. The quantitative estimate of drug-likeness (QED) is 0.918. The van der Waals surface area contributed by atoms with Gasteiger partial charge in [-0.3, -0.25) is 4.90 Å². The van der Waals surface area contributed by atoms with E-state index in [1.807, 2.05) is 12.1 Å². The number of furan rings is 1. The van der Waals surface area contributed by atoms with Crippen molar-refractivity contribution >= 4 is 15.9 Å². The molecule has 1 fully saturated rings. The number of halogens is 1. The summed E-state index contributed by atoms with van der Waals surface area (Å²) in [5.74, 6) is 1.43. The molecule has 1 N–H and O–H groups in total. The summed E-state index contributed by atoms with van der Waals surface area (Å²) in [7, 11) is 0. The van der Waals surface area contributed by atoms with E-state index >= 15 is 0 Å². The molecular weight excluding hydrogens is 258 g/mol. The van der Waals surface area contributed by atoms with Crippen molar-refractivity contribution < 1.29 is 9.52 Å². The third-order valence-corrected chi connectivity index (χ3v) is 3.30. The van der Waals surface area contributed by atoms with E-state index in [9.17, 15) is 0 Å². The molecule has 2 rings (SSSR count). The summed E-state index contributed by atoms with van der Waals surface area (Å²) >= 11 is 3.30. The van der Waals surface area contributed by atoms with Crippen LogP contribution in [0.1, 0.15) is 18.6 Å². The minimum atomic E-state index is 0.304. The summed E-state index contributed by atoms with van der Waals surface area (Å²) in [6.45, 7) is 3.24. The van der Waals surface area contributed by atoms with E-state index in [4.69, 9.17) is 9.52 Å². The monoisotopic (exact) mass is 273 g/mol. The van der Waals surface area contributed by atoms with Crippen LogP contribution in [-0.2, 0) is 6.54 Å². The zero-order valence-electron chi connectivity index (χ0n) is 8.66. The Bertz CT molecular complexity index is 313. The lowest BCUT2D eigenvalue weighted by Gasteiger charge is -2.30. The normalized spacial score (nSPS) is 23.2. The summed E-state index contributed by atoms with van der Waals surface area (Å²) in [6, 6.07) is 3.91. The van der Waals surface area contributed by atoms with E-state index in [0.29, 0.717) is 12.5 Å². The van der Waals surface area contributed by atoms with E-state index in [1.165, 1.54) is 6.42 Å². The number of piperidine rings is 1. The van der Waals surface area contributed by atoms with Crippen molar-refractivity contribution in [1.29, 1.82) is 0 Å². The number of nitrogens with zero attached hydrogens (tertiary/aromatic N) is 1. The molecule has 1 aliphatic heterocycles. The molecule has 1 aromatic rings. The van der Waals surface area contributed by atoms with Gasteiger partial charge in [0.05, 0.1) is 6.54 Å². The summed E-state index contributed by atoms with van der Waals surface area (Å²) in [5.41, 5.74) is 0. The average Bonchev–Trinajstić information content (AvgIpc) is 2.64. The summed E-state index contributed by atoms with van der Waals surface area (Å²) < 4.78 is 6.25. The van der Waals surface area contributed by atoms with Crippen LogP contribution in [0.5, 0.6) is 0 Å². The second kappa shape index (κ2) is 5.14. The first-order valence-corrected chi connectivity index (χ1v) is 6.14. The van der Waals surface area contributed by atoms with Crippen molar-refractivity contribution in [2.75, 3.05) is 19.7 Å². The lowest BCUT2D eigenvalue weighted by molar-refractivity contribution is 0.110. The van der Waals surface area contributed by atoms with Gasteiger partial charge >= 0.3 is 0 Å². The van der Waals surface area contributed by atoms with E-state index in [2.05, 4.69) is 20.8 Å². The van der Waals surface area contributed by atoms with Crippen LogP contribution in [0.3, 0.4) is 0 Å². The van der Waals surface area contributed by atoms with Crippen LogP contribution < -0.4 is 0 Å². The molecular formula is C11H16BrNO2. The number of rotatable bonds is 3. The fourth-order valence-electron chi connectivity index (χ4n) is 2.10. The van der Waals surface area contributed by atoms with Crippen LogP contribution in [0.25, 0.3) is 0 Å². The Kier molecular flexibility index (Phi) is 3.83. The Balaban J connectivity index is 1.88. The fraction of sp³-hybridized carbons (Fsp3) is 0.636. The van der Waals surface area contributed by atoms with Crippen LogP contribution in [0, 0.1) is 5.92 Å². The van der Waals surface area contributed by atoms with Gasteiger partial charge in [0.15, 0.2) is 4.67 Å². The number of aliphatic hydroxyl groups excluding tert-OH is 1. The number of hydrogen-bond donors (Lipinski definition) is 1. The van der Waals surface area contributed by atoms with Gasteiger partial charge in [-0.2, -0.15) is 0 Å². The van der Waals surface area contributed by atoms with Gasteiger partial charge in [-0.15, -0.1) is 0 Å². The molecule has 0 radical (unpaired) electrons. The van der Waals surface area contributed by atoms with Crippen molar-refractivity contribution in [3.05, 3.63) is 22.6 Å². The molecule has 84 valence electrons. The largest absolute Gasteiger partial charge is 0.453 e. The average molecular weight is 274 g/mol. The molecule has 0 aliphatic carbocycles. The first-order valence-electron chi connectivity index (χ1n) is 5.35. The van der Waals surface area contributed by atoms with Gasteiger partial charge in [0.1, 0.15) is 5.76 Å². The van der Waals surface area contributed by atoms with Gasteiger partial charge in [-0.1, -0.05) is 0 Å². The van der Waals surface area contributed by atoms with Crippen molar-refractivity contribution in [3.8, 4) is 0 Å². The van der Waals surface area contributed by atoms with E-state index in [1.54, 1.807) is 0 Å². The third-order valence-electron chi connectivity index (χ3n) is 2.87. The Morgan fingerprint density at radius 1 is 1.53 bits per heavy atom. The van der Waals surface area contributed by atoms with E-state index < -0.39 is 0 Å². The predicted octanol–water partition coefficient (Wildman–Crippen LogP) is 2.25. The van der Waals surface area contributed by atoms with Gasteiger partial charge in [-0.25, -0.2) is 0 Å². The van der Waals surface area contributed by atoms with Crippen LogP contribution in [-0.4, -0.2) is 29.7 Å². The lowest BCUT2D eigenvalue weighted by atomic mass is 9.99. The highest BCUT2D eigenvalue weighted by molar-refractivity contribution is 9.10. The topological polar surface area (TPSA) is 36.6 Å². The third kappa shape index (κ3) is 3.06. The highest BCUT2D eigenvalue weighted by atomic mass is 79.9. The maximum absolute atomic E-state index is 9.12. The SMILES string of the molecule is OC[C@@H]1CCCN(Cc2ccc(Br)o2)C1. The van der Waals surface area contributed by atoms with E-state index in [0.717, 1.165) is 36.5 Å². The predicted molar refractivity (Wildman–Crippen MR) is 61.5 cm³/mol. The molecule has 0 unspecified atom stereocenters. The molecule has 0 saturated carbocycles. The van der Waals surface area contributed by atoms with Crippen LogP contribution >= 0.6 is 15.9 Å². The fourth-order valence-corrected chi connectivity index (χ4v) is 2.44. The van der Waals surface area contributed by atoms with Crippen molar-refractivity contribution in [1.82, 2.24) is 4.90 Å². The molecule has 1 aromatic heterocycles. The lowest BCUT2D eigenvalue weighted by Crippen LogP contribution is -2.36. The highest BCUT2D eigenvalue weighted by Crippen LogP contribution is 2.20. The number of hydrogen-bond acceptors (Lipinski definition) is 3. The molecule has 3 nitrogen and oxygen atoms in total. The van der Waals surface area contributed by atoms with Gasteiger partial charge in [-0.05, 0) is 53.4 Å². The zero-order valence-corrected chi connectivity index (χ0v) is 10.2. The van der Waals surface area contributed by atoms with Gasteiger partial charge in [0, 0.05) is 13.2 Å². The van der Waals surface area contributed by atoms with Gasteiger partial charge < -0.3 is 9.52 Å². The minimum Gasteiger partial charge on any atom is -0.453 e. The van der Waals surface area contributed by atoms with E-state index in [-0.39, 0.29) is 0 Å². The van der Waals surface area contributed by atoms with Crippen LogP contribution in [0.15, 0.2) is 21.2 Å². The van der Waals surface area contributed by atoms with Crippen molar-refractivity contribution in [2.45, 2.75) is 19.4 Å². The second-order valence-electron chi connectivity index (χ2n) is 4.13. The highest BCUT2D eigenvalue weighted by Gasteiger charge is 2.19. The summed E-state index contributed by atoms with van der Waals surface area (Å²) in [4.78, 5) is 2.34. The molecule has 1 aliphatic rings. The van der Waals surface area contributed by atoms with Gasteiger partial charge in [0.2, 0.25) is 0 Å². The molecule has 2 heterocycles. The summed E-state index contributed by atoms with van der Waals surface area (Å²) in [5, 5.41) is 9.12. The van der Waals surface area contributed by atoms with Crippen molar-refractivity contribution in [2.24, 2.45) is 5.92 Å². The molecule has 0 bridgehead atoms. The smallest absolute Gasteiger partial charge is 0.169 e. The first kappa shape index (κ1) is 11.2. The Morgan fingerprint density at radius 2 is 2.40 bits per heavy atom. The molecule has 1 atom stereocenters. The molecule has 15 heavy (non-hydrogen) atoms. The minimum absolute atomic E-state index is 0.304. The molecule has 4 heteroatoms. The number of likely N-dealkylation sites (tertiary alicyclic amines) is 1. The Morgan fingerprint density at radius 3 is 3.07 bits per heavy atom. The summed E-state index contributed by atoms with van der Waals surface area (Å²) in [6.07, 6.45) is 2.32. The van der Waals surface area contributed by atoms with Gasteiger partial charge in [0.25, 0.3) is 0 Å². The first-order chi connectivity index (χ1) is 7.28.